The third-order valence-electron chi connectivity index (χ3n) is 2.58. The van der Waals surface area contributed by atoms with Gasteiger partial charge in [-0.3, -0.25) is 0 Å². The highest BCUT2D eigenvalue weighted by molar-refractivity contribution is 4.55. The smallest absolute Gasteiger partial charge is 0.0474 e. The van der Waals surface area contributed by atoms with E-state index in [1.807, 2.05) is 0 Å². The summed E-state index contributed by atoms with van der Waals surface area (Å²) in [5.74, 6) is 0.761. The number of unbranched alkanes of at least 4 members (excludes halogenated alkanes) is 1. The SMILES string of the molecule is COCCCN(C)CCCCNCC(C)C. The minimum Gasteiger partial charge on any atom is -0.385 e. The first-order valence-corrected chi connectivity index (χ1v) is 6.55. The van der Waals surface area contributed by atoms with E-state index in [1.165, 1.54) is 19.4 Å². The molecular formula is C13H30N2O. The van der Waals surface area contributed by atoms with Crippen LogP contribution in [0.5, 0.6) is 0 Å². The zero-order valence-electron chi connectivity index (χ0n) is 11.6. The average Bonchev–Trinajstić information content (AvgIpc) is 2.23. The second-order valence-corrected chi connectivity index (χ2v) is 4.95. The maximum absolute atomic E-state index is 5.04. The Bertz CT molecular complexity index is 140. The number of nitrogens with one attached hydrogen (secondary N) is 1. The molecule has 0 aromatic carbocycles. The van der Waals surface area contributed by atoms with E-state index in [1.54, 1.807) is 7.11 Å². The minimum absolute atomic E-state index is 0.761. The van der Waals surface area contributed by atoms with Crippen LogP contribution in [0.25, 0.3) is 0 Å². The molecule has 0 aliphatic rings. The molecule has 0 radical (unpaired) electrons. The summed E-state index contributed by atoms with van der Waals surface area (Å²) in [5.41, 5.74) is 0. The lowest BCUT2D eigenvalue weighted by molar-refractivity contribution is 0.179. The number of ether oxygens (including phenoxy) is 1. The van der Waals surface area contributed by atoms with E-state index in [0.29, 0.717) is 0 Å². The van der Waals surface area contributed by atoms with Crippen molar-refractivity contribution in [2.75, 3.05) is 46.9 Å². The molecule has 98 valence electrons. The van der Waals surface area contributed by atoms with Gasteiger partial charge in [-0.2, -0.15) is 0 Å². The molecule has 0 saturated heterocycles. The molecular weight excluding hydrogens is 200 g/mol. The van der Waals surface area contributed by atoms with E-state index in [-0.39, 0.29) is 0 Å². The summed E-state index contributed by atoms with van der Waals surface area (Å²) < 4.78 is 5.04. The predicted octanol–water partition coefficient (Wildman–Crippen LogP) is 1.98. The van der Waals surface area contributed by atoms with Gasteiger partial charge in [-0.1, -0.05) is 13.8 Å². The Balaban J connectivity index is 3.12. The van der Waals surface area contributed by atoms with Crippen LogP contribution in [0.1, 0.15) is 33.1 Å². The first-order chi connectivity index (χ1) is 7.66. The van der Waals surface area contributed by atoms with Crippen molar-refractivity contribution in [2.24, 2.45) is 5.92 Å². The van der Waals surface area contributed by atoms with Gasteiger partial charge in [-0.05, 0) is 51.9 Å². The molecule has 0 saturated carbocycles. The Hall–Kier alpha value is -0.120. The quantitative estimate of drug-likeness (QED) is 0.549. The molecule has 3 heteroatoms. The summed E-state index contributed by atoms with van der Waals surface area (Å²) in [6.07, 6.45) is 3.70. The average molecular weight is 230 g/mol. The second-order valence-electron chi connectivity index (χ2n) is 4.95. The summed E-state index contributed by atoms with van der Waals surface area (Å²) in [7, 11) is 3.96. The van der Waals surface area contributed by atoms with Gasteiger partial charge in [-0.15, -0.1) is 0 Å². The first-order valence-electron chi connectivity index (χ1n) is 6.55. The van der Waals surface area contributed by atoms with Crippen LogP contribution in [0.15, 0.2) is 0 Å². The highest BCUT2D eigenvalue weighted by atomic mass is 16.5. The highest BCUT2D eigenvalue weighted by Gasteiger charge is 1.98. The Morgan fingerprint density at radius 1 is 1.12 bits per heavy atom. The molecule has 0 aliphatic carbocycles. The molecule has 0 atom stereocenters. The Morgan fingerprint density at radius 3 is 2.44 bits per heavy atom. The number of hydrogen-bond acceptors (Lipinski definition) is 3. The van der Waals surface area contributed by atoms with Crippen LogP contribution in [-0.4, -0.2) is 51.8 Å². The first kappa shape index (κ1) is 15.9. The fourth-order valence-corrected chi connectivity index (χ4v) is 1.61. The zero-order chi connectivity index (χ0) is 12.2. The van der Waals surface area contributed by atoms with Crippen molar-refractivity contribution in [1.29, 1.82) is 0 Å². The van der Waals surface area contributed by atoms with Crippen molar-refractivity contribution in [3.05, 3.63) is 0 Å². The van der Waals surface area contributed by atoms with E-state index in [9.17, 15) is 0 Å². The van der Waals surface area contributed by atoms with Crippen LogP contribution in [0.3, 0.4) is 0 Å². The number of methoxy groups -OCH3 is 1. The molecule has 0 aliphatic heterocycles. The van der Waals surface area contributed by atoms with Crippen LogP contribution < -0.4 is 5.32 Å². The standard InChI is InChI=1S/C13H30N2O/c1-13(2)12-14-8-5-6-9-15(3)10-7-11-16-4/h13-14H,5-12H2,1-4H3. The summed E-state index contributed by atoms with van der Waals surface area (Å²) in [5, 5.41) is 3.47. The third kappa shape index (κ3) is 12.0. The molecule has 3 nitrogen and oxygen atoms in total. The summed E-state index contributed by atoms with van der Waals surface area (Å²) in [6, 6.07) is 0. The molecule has 0 rings (SSSR count). The summed E-state index contributed by atoms with van der Waals surface area (Å²) in [4.78, 5) is 2.39. The minimum atomic E-state index is 0.761. The molecule has 0 aromatic heterocycles. The van der Waals surface area contributed by atoms with Crippen molar-refractivity contribution in [1.82, 2.24) is 10.2 Å². The van der Waals surface area contributed by atoms with Crippen LogP contribution in [-0.2, 0) is 4.74 Å². The fraction of sp³-hybridized carbons (Fsp3) is 1.00. The normalized spacial score (nSPS) is 11.6. The van der Waals surface area contributed by atoms with Crippen molar-refractivity contribution < 1.29 is 4.74 Å². The van der Waals surface area contributed by atoms with Gasteiger partial charge in [0.25, 0.3) is 0 Å². The van der Waals surface area contributed by atoms with Gasteiger partial charge in [0.1, 0.15) is 0 Å². The van der Waals surface area contributed by atoms with Crippen LogP contribution in [0, 0.1) is 5.92 Å². The zero-order valence-corrected chi connectivity index (χ0v) is 11.6. The Morgan fingerprint density at radius 2 is 1.81 bits per heavy atom. The molecule has 0 unspecified atom stereocenters. The molecule has 16 heavy (non-hydrogen) atoms. The Labute approximate surface area is 102 Å². The topological polar surface area (TPSA) is 24.5 Å². The lowest BCUT2D eigenvalue weighted by Gasteiger charge is -2.16. The van der Waals surface area contributed by atoms with Gasteiger partial charge < -0.3 is 15.0 Å². The van der Waals surface area contributed by atoms with Crippen LogP contribution in [0.2, 0.25) is 0 Å². The van der Waals surface area contributed by atoms with Crippen molar-refractivity contribution in [3.8, 4) is 0 Å². The number of rotatable bonds is 11. The molecule has 1 N–H and O–H groups in total. The monoisotopic (exact) mass is 230 g/mol. The lowest BCUT2D eigenvalue weighted by atomic mass is 10.2. The number of nitrogens with zero attached hydrogens (tertiary/aromatic N) is 1. The van der Waals surface area contributed by atoms with Crippen molar-refractivity contribution in [3.63, 3.8) is 0 Å². The van der Waals surface area contributed by atoms with Crippen LogP contribution in [0.4, 0.5) is 0 Å². The van der Waals surface area contributed by atoms with E-state index in [0.717, 1.165) is 38.6 Å². The summed E-state index contributed by atoms with van der Waals surface area (Å²) >= 11 is 0. The molecule has 0 spiro atoms. The second kappa shape index (κ2) is 11.4. The molecule has 0 bridgehead atoms. The van der Waals surface area contributed by atoms with E-state index >= 15 is 0 Å². The van der Waals surface area contributed by atoms with E-state index in [4.69, 9.17) is 4.74 Å². The Kier molecular flexibility index (Phi) is 11.3. The van der Waals surface area contributed by atoms with Gasteiger partial charge >= 0.3 is 0 Å². The maximum atomic E-state index is 5.04. The fourth-order valence-electron chi connectivity index (χ4n) is 1.61. The van der Waals surface area contributed by atoms with Gasteiger partial charge in [0.15, 0.2) is 0 Å². The van der Waals surface area contributed by atoms with E-state index in [2.05, 4.69) is 31.1 Å². The van der Waals surface area contributed by atoms with Crippen LogP contribution >= 0.6 is 0 Å². The number of hydrogen-bond donors (Lipinski definition) is 1. The highest BCUT2D eigenvalue weighted by Crippen LogP contribution is 1.94. The van der Waals surface area contributed by atoms with Gasteiger partial charge in [0.2, 0.25) is 0 Å². The largest absolute Gasteiger partial charge is 0.385 e. The lowest BCUT2D eigenvalue weighted by Crippen LogP contribution is -2.24. The van der Waals surface area contributed by atoms with Crippen molar-refractivity contribution >= 4 is 0 Å². The van der Waals surface area contributed by atoms with Crippen molar-refractivity contribution in [2.45, 2.75) is 33.1 Å². The molecule has 0 heterocycles. The third-order valence-corrected chi connectivity index (χ3v) is 2.58. The van der Waals surface area contributed by atoms with Gasteiger partial charge in [0.05, 0.1) is 0 Å². The molecule has 0 amide bonds. The molecule has 0 fully saturated rings. The van der Waals surface area contributed by atoms with Gasteiger partial charge in [-0.25, -0.2) is 0 Å². The predicted molar refractivity (Wildman–Crippen MR) is 70.9 cm³/mol. The maximum Gasteiger partial charge on any atom is 0.0474 e. The van der Waals surface area contributed by atoms with Gasteiger partial charge in [0, 0.05) is 20.3 Å². The van der Waals surface area contributed by atoms with E-state index < -0.39 is 0 Å². The molecule has 0 aromatic rings. The summed E-state index contributed by atoms with van der Waals surface area (Å²) in [6.45, 7) is 10.0.